The molecule has 1 aliphatic heterocycles. The summed E-state index contributed by atoms with van der Waals surface area (Å²) in [5.41, 5.74) is -1.29. The van der Waals surface area contributed by atoms with E-state index in [4.69, 9.17) is 16.3 Å². The van der Waals surface area contributed by atoms with Gasteiger partial charge in [0.25, 0.3) is 18.2 Å². The maximum absolute atomic E-state index is 13.9. The summed E-state index contributed by atoms with van der Waals surface area (Å²) >= 11 is 6.91. The van der Waals surface area contributed by atoms with Crippen molar-refractivity contribution >= 4 is 57.9 Å². The number of alkyl halides is 2. The summed E-state index contributed by atoms with van der Waals surface area (Å²) in [5.74, 6) is -2.15. The zero-order chi connectivity index (χ0) is 27.3. The fourth-order valence-electron chi connectivity index (χ4n) is 3.33. The predicted molar refractivity (Wildman–Crippen MR) is 136 cm³/mol. The zero-order valence-corrected chi connectivity index (χ0v) is 22.0. The van der Waals surface area contributed by atoms with Crippen LogP contribution in [0.3, 0.4) is 0 Å². The molecule has 37 heavy (non-hydrogen) atoms. The van der Waals surface area contributed by atoms with Crippen LogP contribution in [0.4, 0.5) is 20.2 Å². The van der Waals surface area contributed by atoms with Crippen LogP contribution in [-0.2, 0) is 19.1 Å². The average Bonchev–Trinajstić information content (AvgIpc) is 3.27. The van der Waals surface area contributed by atoms with E-state index in [-0.39, 0.29) is 43.6 Å². The standard InChI is InChI=1S/C24H27ClF2N4O5S/c1-24(2,3)23(35)30-16(11-28-22(34)17-6-7-18(25)37-17)21(33)29-15-5-4-13(10-14(15)20(26)27)31-8-9-36-12-19(31)32/h4-7,10,16,20H,8-9,11-12H2,1-3H3,(H,28,34)(H,29,33)(H,30,35)/t16-/m0/s1. The molecule has 0 radical (unpaired) electrons. The Bertz CT molecular complexity index is 1180. The summed E-state index contributed by atoms with van der Waals surface area (Å²) in [7, 11) is 0. The van der Waals surface area contributed by atoms with Crippen LogP contribution in [0.2, 0.25) is 4.34 Å². The van der Waals surface area contributed by atoms with Crippen molar-refractivity contribution in [3.8, 4) is 0 Å². The van der Waals surface area contributed by atoms with Gasteiger partial charge in [0.15, 0.2) is 0 Å². The second kappa shape index (κ2) is 12.0. The summed E-state index contributed by atoms with van der Waals surface area (Å²) < 4.78 is 33.3. The molecule has 1 aromatic heterocycles. The molecule has 1 atom stereocenters. The lowest BCUT2D eigenvalue weighted by Gasteiger charge is -2.28. The number of nitrogens with one attached hydrogen (secondary N) is 3. The number of amides is 4. The molecule has 3 rings (SSSR count). The van der Waals surface area contributed by atoms with Gasteiger partial charge in [-0.1, -0.05) is 32.4 Å². The van der Waals surface area contributed by atoms with Crippen LogP contribution in [0.25, 0.3) is 0 Å². The molecule has 200 valence electrons. The second-order valence-electron chi connectivity index (χ2n) is 9.25. The minimum Gasteiger partial charge on any atom is -0.370 e. The Morgan fingerprint density at radius 3 is 2.51 bits per heavy atom. The van der Waals surface area contributed by atoms with Gasteiger partial charge < -0.3 is 25.6 Å². The van der Waals surface area contributed by atoms with E-state index in [0.717, 1.165) is 17.4 Å². The minimum absolute atomic E-state index is 0.152. The van der Waals surface area contributed by atoms with Gasteiger partial charge in [-0.15, -0.1) is 11.3 Å². The molecule has 4 amide bonds. The van der Waals surface area contributed by atoms with Crippen molar-refractivity contribution in [2.24, 2.45) is 5.41 Å². The number of hydrogen-bond donors (Lipinski definition) is 3. The molecule has 0 unspecified atom stereocenters. The molecule has 2 heterocycles. The number of carbonyl (C=O) groups is 4. The SMILES string of the molecule is CC(C)(C)C(=O)N[C@@H](CNC(=O)c1ccc(Cl)s1)C(=O)Nc1ccc(N2CCOCC2=O)cc1C(F)F. The Morgan fingerprint density at radius 1 is 1.19 bits per heavy atom. The van der Waals surface area contributed by atoms with Crippen molar-refractivity contribution in [3.05, 3.63) is 45.1 Å². The summed E-state index contributed by atoms with van der Waals surface area (Å²) in [4.78, 5) is 51.9. The Balaban J connectivity index is 1.80. The van der Waals surface area contributed by atoms with E-state index in [0.29, 0.717) is 9.21 Å². The van der Waals surface area contributed by atoms with Crippen LogP contribution in [0.1, 0.15) is 42.4 Å². The van der Waals surface area contributed by atoms with Crippen LogP contribution in [0, 0.1) is 5.41 Å². The lowest BCUT2D eigenvalue weighted by molar-refractivity contribution is -0.132. The van der Waals surface area contributed by atoms with Gasteiger partial charge in [0, 0.05) is 35.4 Å². The number of halogens is 3. The highest BCUT2D eigenvalue weighted by molar-refractivity contribution is 7.18. The van der Waals surface area contributed by atoms with Crippen LogP contribution in [0.15, 0.2) is 30.3 Å². The third-order valence-electron chi connectivity index (χ3n) is 5.39. The van der Waals surface area contributed by atoms with Crippen molar-refractivity contribution in [1.29, 1.82) is 0 Å². The number of thiophene rings is 1. The maximum atomic E-state index is 13.9. The monoisotopic (exact) mass is 556 g/mol. The van der Waals surface area contributed by atoms with Crippen molar-refractivity contribution in [3.63, 3.8) is 0 Å². The molecule has 0 saturated carbocycles. The van der Waals surface area contributed by atoms with Crippen molar-refractivity contribution in [2.45, 2.75) is 33.2 Å². The topological polar surface area (TPSA) is 117 Å². The summed E-state index contributed by atoms with van der Waals surface area (Å²) in [6.07, 6.45) is -2.96. The summed E-state index contributed by atoms with van der Waals surface area (Å²) in [6.45, 7) is 4.96. The molecule has 0 bridgehead atoms. The first-order valence-corrected chi connectivity index (χ1v) is 12.5. The molecule has 1 aromatic carbocycles. The van der Waals surface area contributed by atoms with E-state index in [1.807, 2.05) is 0 Å². The average molecular weight is 557 g/mol. The van der Waals surface area contributed by atoms with Crippen molar-refractivity contribution in [1.82, 2.24) is 10.6 Å². The van der Waals surface area contributed by atoms with E-state index in [1.165, 1.54) is 23.1 Å². The van der Waals surface area contributed by atoms with Gasteiger partial charge in [-0.3, -0.25) is 19.2 Å². The first-order valence-electron chi connectivity index (χ1n) is 11.3. The largest absolute Gasteiger partial charge is 0.370 e. The van der Waals surface area contributed by atoms with Gasteiger partial charge in [0.05, 0.1) is 15.8 Å². The molecule has 9 nitrogen and oxygen atoms in total. The predicted octanol–water partition coefficient (Wildman–Crippen LogP) is 3.60. The number of carbonyl (C=O) groups excluding carboxylic acids is 4. The smallest absolute Gasteiger partial charge is 0.265 e. The quantitative estimate of drug-likeness (QED) is 0.459. The number of rotatable bonds is 8. The molecule has 1 aliphatic rings. The van der Waals surface area contributed by atoms with Gasteiger partial charge in [0.2, 0.25) is 11.8 Å². The third kappa shape index (κ3) is 7.46. The number of anilines is 2. The van der Waals surface area contributed by atoms with E-state index in [2.05, 4.69) is 16.0 Å². The highest BCUT2D eigenvalue weighted by Crippen LogP contribution is 2.32. The highest BCUT2D eigenvalue weighted by atomic mass is 35.5. The number of hydrogen-bond acceptors (Lipinski definition) is 6. The van der Waals surface area contributed by atoms with Crippen LogP contribution in [-0.4, -0.2) is 56.0 Å². The maximum Gasteiger partial charge on any atom is 0.265 e. The van der Waals surface area contributed by atoms with Gasteiger partial charge in [-0.25, -0.2) is 8.78 Å². The van der Waals surface area contributed by atoms with E-state index >= 15 is 0 Å². The van der Waals surface area contributed by atoms with Gasteiger partial charge in [-0.05, 0) is 30.3 Å². The molecule has 13 heteroatoms. The molecule has 1 fully saturated rings. The van der Waals surface area contributed by atoms with Gasteiger partial charge in [0.1, 0.15) is 12.6 Å². The third-order valence-corrected chi connectivity index (χ3v) is 6.62. The van der Waals surface area contributed by atoms with Crippen LogP contribution in [0.5, 0.6) is 0 Å². The summed E-state index contributed by atoms with van der Waals surface area (Å²) in [6, 6.07) is 5.64. The highest BCUT2D eigenvalue weighted by Gasteiger charge is 2.30. The Hall–Kier alpha value is -3.09. The first-order chi connectivity index (χ1) is 17.4. The lowest BCUT2D eigenvalue weighted by Crippen LogP contribution is -2.53. The van der Waals surface area contributed by atoms with Crippen LogP contribution >= 0.6 is 22.9 Å². The van der Waals surface area contributed by atoms with Gasteiger partial charge in [-0.2, -0.15) is 0 Å². The molecular weight excluding hydrogens is 530 g/mol. The molecule has 1 saturated heterocycles. The Labute approximate surface area is 221 Å². The van der Waals surface area contributed by atoms with E-state index in [1.54, 1.807) is 26.8 Å². The zero-order valence-electron chi connectivity index (χ0n) is 20.4. The second-order valence-corrected chi connectivity index (χ2v) is 11.0. The Kier molecular flexibility index (Phi) is 9.21. The van der Waals surface area contributed by atoms with E-state index < -0.39 is 41.2 Å². The normalized spacial score (nSPS) is 14.9. The van der Waals surface area contributed by atoms with Crippen LogP contribution < -0.4 is 20.9 Å². The minimum atomic E-state index is -2.96. The number of nitrogens with zero attached hydrogens (tertiary/aromatic N) is 1. The molecular formula is C24H27ClF2N4O5S. The molecule has 2 aromatic rings. The molecule has 0 spiro atoms. The summed E-state index contributed by atoms with van der Waals surface area (Å²) in [5, 5.41) is 7.55. The first kappa shape index (κ1) is 28.5. The molecule has 3 N–H and O–H groups in total. The van der Waals surface area contributed by atoms with Gasteiger partial charge >= 0.3 is 0 Å². The van der Waals surface area contributed by atoms with Crippen molar-refractivity contribution in [2.75, 3.05) is 36.5 Å². The fourth-order valence-corrected chi connectivity index (χ4v) is 4.28. The fraction of sp³-hybridized carbons (Fsp3) is 0.417. The number of benzene rings is 1. The van der Waals surface area contributed by atoms with E-state index in [9.17, 15) is 28.0 Å². The molecule has 0 aliphatic carbocycles. The lowest BCUT2D eigenvalue weighted by atomic mass is 9.95. The number of morpholine rings is 1. The Morgan fingerprint density at radius 2 is 1.92 bits per heavy atom. The van der Waals surface area contributed by atoms with Crippen molar-refractivity contribution < 1.29 is 32.7 Å². The number of ether oxygens (including phenoxy) is 1.